The van der Waals surface area contributed by atoms with Crippen molar-refractivity contribution in [1.82, 2.24) is 15.1 Å². The molecule has 5 aliphatic rings. The number of carbonyl (C=O) groups excluding carboxylic acids is 2. The van der Waals surface area contributed by atoms with Gasteiger partial charge in [-0.2, -0.15) is 0 Å². The van der Waals surface area contributed by atoms with E-state index < -0.39 is 23.5 Å². The molecule has 12 nitrogen and oxygen atoms in total. The van der Waals surface area contributed by atoms with Gasteiger partial charge in [0.05, 0.1) is 31.0 Å². The number of carbonyl (C=O) groups is 2. The molecule has 0 saturated carbocycles. The number of guanidine groups is 1. The third-order valence-electron chi connectivity index (χ3n) is 13.2. The van der Waals surface area contributed by atoms with Gasteiger partial charge in [0.1, 0.15) is 11.6 Å². The SMILES string of the molecule is CC[C@H]1C=CCC[C@@]2(C[C@@H]3CC[C@H]4[C@@H](C(=O)OCCCCCCCCCCCCCCCC(=O)N(CCCN)C[C@H](O)CCN)[C@@]5(CCC[C@@H](C)O5)N=C(N2)N34)O1. The number of hydrogen-bond donors (Lipinski definition) is 4. The molecule has 0 aromatic rings. The maximum Gasteiger partial charge on any atom is 0.316 e. The van der Waals surface area contributed by atoms with Crippen molar-refractivity contribution in [2.45, 2.75) is 216 Å². The first-order valence-electron chi connectivity index (χ1n) is 23.4. The van der Waals surface area contributed by atoms with Crippen molar-refractivity contribution in [3.05, 3.63) is 12.2 Å². The van der Waals surface area contributed by atoms with Gasteiger partial charge in [-0.1, -0.05) is 89.7 Å². The van der Waals surface area contributed by atoms with E-state index in [1.807, 2.05) is 0 Å². The lowest BCUT2D eigenvalue weighted by molar-refractivity contribution is -0.194. The molecule has 6 N–H and O–H groups in total. The molecule has 5 rings (SSSR count). The molecule has 0 aliphatic carbocycles. The van der Waals surface area contributed by atoms with Gasteiger partial charge in [-0.05, 0) is 97.1 Å². The van der Waals surface area contributed by atoms with Crippen molar-refractivity contribution >= 4 is 17.8 Å². The lowest BCUT2D eigenvalue weighted by Crippen LogP contribution is -2.71. The van der Waals surface area contributed by atoms with E-state index in [1.54, 1.807) is 4.90 Å². The number of hydrogen-bond acceptors (Lipinski definition) is 11. The molecule has 3 fully saturated rings. The summed E-state index contributed by atoms with van der Waals surface area (Å²) in [5.74, 6) is 0.440. The van der Waals surface area contributed by atoms with Crippen molar-refractivity contribution in [3.8, 4) is 0 Å². The lowest BCUT2D eigenvalue weighted by Gasteiger charge is -2.55. The van der Waals surface area contributed by atoms with Gasteiger partial charge >= 0.3 is 5.97 Å². The average molecular weight is 801 g/mol. The van der Waals surface area contributed by atoms with Crippen molar-refractivity contribution < 1.29 is 28.9 Å². The first-order chi connectivity index (χ1) is 27.7. The van der Waals surface area contributed by atoms with Crippen LogP contribution < -0.4 is 16.8 Å². The molecular formula is C45H80N6O6. The van der Waals surface area contributed by atoms with Crippen LogP contribution in [0.1, 0.15) is 174 Å². The number of esters is 1. The van der Waals surface area contributed by atoms with E-state index in [9.17, 15) is 14.7 Å². The number of ether oxygens (including phenoxy) is 3. The number of aliphatic imine (C=N–C) groups is 1. The zero-order valence-corrected chi connectivity index (χ0v) is 35.8. The standard InChI is InChI=1S/C45H80N6O6/c1-3-38-22-16-17-27-44(57-38)33-36-24-25-39-41(45(28-19-21-35(2)56-45)49-43(48-44)51(36)39)42(54)55-32-18-14-12-10-8-6-4-5-7-9-11-13-15-23-40(53)50(31-20-29-46)34-37(52)26-30-47/h16,22,35-39,41,52H,3-15,17-21,23-34,46-47H2,1-2H3,(H,48,49)/t35-,36+,37-,38+,39+,41+,44+,45+/m1/s1. The molecule has 12 heteroatoms. The summed E-state index contributed by atoms with van der Waals surface area (Å²) in [5.41, 5.74) is 9.88. The Hall–Kier alpha value is -2.25. The fourth-order valence-electron chi connectivity index (χ4n) is 10.2. The predicted octanol–water partition coefficient (Wildman–Crippen LogP) is 6.82. The van der Waals surface area contributed by atoms with Crippen LogP contribution in [0, 0.1) is 5.92 Å². The van der Waals surface area contributed by atoms with Crippen LogP contribution in [0.3, 0.4) is 0 Å². The van der Waals surface area contributed by atoms with E-state index in [1.165, 1.54) is 57.8 Å². The molecule has 5 aliphatic heterocycles. The normalized spacial score (nSPS) is 29.8. The maximum atomic E-state index is 14.0. The molecule has 0 aromatic carbocycles. The van der Waals surface area contributed by atoms with Crippen LogP contribution in [0.15, 0.2) is 17.1 Å². The Morgan fingerprint density at radius 3 is 2.33 bits per heavy atom. The number of aliphatic hydroxyl groups is 1. The van der Waals surface area contributed by atoms with E-state index in [0.717, 1.165) is 95.9 Å². The van der Waals surface area contributed by atoms with Crippen LogP contribution in [0.5, 0.6) is 0 Å². The number of aliphatic hydroxyl groups excluding tert-OH is 1. The second-order valence-corrected chi connectivity index (χ2v) is 17.9. The largest absolute Gasteiger partial charge is 0.465 e. The summed E-state index contributed by atoms with van der Waals surface area (Å²) in [6.45, 7) is 6.68. The van der Waals surface area contributed by atoms with Gasteiger partial charge in [0, 0.05) is 32.0 Å². The molecule has 0 unspecified atom stereocenters. The van der Waals surface area contributed by atoms with Crippen LogP contribution in [0.4, 0.5) is 0 Å². The molecule has 3 saturated heterocycles. The molecule has 0 aromatic heterocycles. The Bertz CT molecular complexity index is 1280. The molecule has 2 spiro atoms. The molecule has 0 bridgehead atoms. The van der Waals surface area contributed by atoms with E-state index in [4.69, 9.17) is 30.7 Å². The van der Waals surface area contributed by atoms with Crippen molar-refractivity contribution in [2.24, 2.45) is 22.4 Å². The van der Waals surface area contributed by atoms with Gasteiger partial charge in [-0.15, -0.1) is 0 Å². The Morgan fingerprint density at radius 2 is 1.67 bits per heavy atom. The van der Waals surface area contributed by atoms with Gasteiger partial charge in [0.25, 0.3) is 0 Å². The highest BCUT2D eigenvalue weighted by molar-refractivity contribution is 5.87. The number of nitrogens with one attached hydrogen (secondary N) is 1. The fourth-order valence-corrected chi connectivity index (χ4v) is 10.2. The third-order valence-corrected chi connectivity index (χ3v) is 13.2. The van der Waals surface area contributed by atoms with Crippen molar-refractivity contribution in [2.75, 3.05) is 32.8 Å². The summed E-state index contributed by atoms with van der Waals surface area (Å²) >= 11 is 0. The molecule has 8 atom stereocenters. The summed E-state index contributed by atoms with van der Waals surface area (Å²) in [7, 11) is 0. The minimum atomic E-state index is -0.886. The Labute approximate surface area is 344 Å². The van der Waals surface area contributed by atoms with Gasteiger partial charge < -0.3 is 45.9 Å². The summed E-state index contributed by atoms with van der Waals surface area (Å²) in [4.78, 5) is 36.3. The van der Waals surface area contributed by atoms with E-state index in [2.05, 4.69) is 36.2 Å². The fraction of sp³-hybridized carbons (Fsp3) is 0.889. The summed E-state index contributed by atoms with van der Waals surface area (Å²) in [6.07, 6.45) is 29.4. The van der Waals surface area contributed by atoms with E-state index >= 15 is 0 Å². The first kappa shape index (κ1) is 45.8. The quantitative estimate of drug-likeness (QED) is 0.0438. The highest BCUT2D eigenvalue weighted by Crippen LogP contribution is 2.50. The maximum absolute atomic E-state index is 14.0. The van der Waals surface area contributed by atoms with Crippen LogP contribution in [0.2, 0.25) is 0 Å². The topological polar surface area (TPSA) is 165 Å². The molecular weight excluding hydrogens is 721 g/mol. The van der Waals surface area contributed by atoms with Crippen LogP contribution >= 0.6 is 0 Å². The van der Waals surface area contributed by atoms with Crippen molar-refractivity contribution in [3.63, 3.8) is 0 Å². The smallest absolute Gasteiger partial charge is 0.316 e. The zero-order chi connectivity index (χ0) is 40.5. The van der Waals surface area contributed by atoms with Crippen LogP contribution in [0.25, 0.3) is 0 Å². The van der Waals surface area contributed by atoms with Crippen molar-refractivity contribution in [1.29, 1.82) is 0 Å². The van der Waals surface area contributed by atoms with Crippen LogP contribution in [-0.4, -0.2) is 107 Å². The number of nitrogens with two attached hydrogens (primary N) is 2. The first-order valence-corrected chi connectivity index (χ1v) is 23.4. The summed E-state index contributed by atoms with van der Waals surface area (Å²) < 4.78 is 19.6. The second kappa shape index (κ2) is 23.5. The number of rotatable bonds is 25. The Balaban J connectivity index is 0.943. The minimum absolute atomic E-state index is 0.0307. The highest BCUT2D eigenvalue weighted by Gasteiger charge is 2.62. The lowest BCUT2D eigenvalue weighted by atomic mass is 9.80. The van der Waals surface area contributed by atoms with E-state index in [0.29, 0.717) is 51.7 Å². The zero-order valence-electron chi connectivity index (χ0n) is 35.8. The van der Waals surface area contributed by atoms with E-state index in [-0.39, 0.29) is 30.1 Å². The summed E-state index contributed by atoms with van der Waals surface area (Å²) in [6, 6.07) is 0.328. The van der Waals surface area contributed by atoms with Gasteiger partial charge in [0.15, 0.2) is 11.7 Å². The van der Waals surface area contributed by atoms with Gasteiger partial charge in [0.2, 0.25) is 5.91 Å². The van der Waals surface area contributed by atoms with Crippen LogP contribution in [-0.2, 0) is 23.8 Å². The highest BCUT2D eigenvalue weighted by atomic mass is 16.6. The van der Waals surface area contributed by atoms with Gasteiger partial charge in [-0.3, -0.25) is 9.59 Å². The minimum Gasteiger partial charge on any atom is -0.465 e. The van der Waals surface area contributed by atoms with Gasteiger partial charge in [-0.25, -0.2) is 4.99 Å². The molecule has 5 heterocycles. The monoisotopic (exact) mass is 801 g/mol. The number of nitrogens with zero attached hydrogens (tertiary/aromatic N) is 3. The Morgan fingerprint density at radius 1 is 0.965 bits per heavy atom. The summed E-state index contributed by atoms with van der Waals surface area (Å²) in [5, 5.41) is 13.9. The molecule has 57 heavy (non-hydrogen) atoms. The average Bonchev–Trinajstić information content (AvgIpc) is 3.49. The number of amides is 1. The molecule has 1 amide bonds. The number of unbranched alkanes of at least 4 members (excludes halogenated alkanes) is 12. The predicted molar refractivity (Wildman–Crippen MR) is 226 cm³/mol. The third kappa shape index (κ3) is 13.1. The molecule has 326 valence electrons. The number of allylic oxidation sites excluding steroid dienone is 1. The molecule has 0 radical (unpaired) electrons. The Kier molecular flexibility index (Phi) is 18.9. The second-order valence-electron chi connectivity index (χ2n) is 17.9.